The van der Waals surface area contributed by atoms with Gasteiger partial charge in [0.25, 0.3) is 0 Å². The number of benzene rings is 3. The van der Waals surface area contributed by atoms with E-state index in [2.05, 4.69) is 5.32 Å². The van der Waals surface area contributed by atoms with Gasteiger partial charge in [-0.05, 0) is 61.7 Å². The molecule has 0 saturated carbocycles. The van der Waals surface area contributed by atoms with Crippen LogP contribution in [-0.2, 0) is 11.3 Å². The molecule has 1 N–H and O–H groups in total. The van der Waals surface area contributed by atoms with Crippen LogP contribution in [0.5, 0.6) is 0 Å². The maximum Gasteiger partial charge on any atom is 0.417 e. The van der Waals surface area contributed by atoms with Crippen LogP contribution in [0, 0.1) is 11.6 Å². The number of carbonyl (C=O) groups excluding carboxylic acids is 1. The molecule has 1 heterocycles. The van der Waals surface area contributed by atoms with Gasteiger partial charge in [0.15, 0.2) is 0 Å². The summed E-state index contributed by atoms with van der Waals surface area (Å²) in [4.78, 5) is 19.6. The van der Waals surface area contributed by atoms with Crippen molar-refractivity contribution in [3.63, 3.8) is 0 Å². The predicted molar refractivity (Wildman–Crippen MR) is 127 cm³/mol. The van der Waals surface area contributed by atoms with Gasteiger partial charge in [-0.2, -0.15) is 0 Å². The topological polar surface area (TPSA) is 53.9 Å². The zero-order valence-corrected chi connectivity index (χ0v) is 19.3. The summed E-state index contributed by atoms with van der Waals surface area (Å²) >= 11 is 0. The van der Waals surface area contributed by atoms with Gasteiger partial charge < -0.3 is 10.1 Å². The fourth-order valence-corrected chi connectivity index (χ4v) is 3.89. The third-order valence-corrected chi connectivity index (χ3v) is 5.39. The van der Waals surface area contributed by atoms with Crippen LogP contribution in [0.15, 0.2) is 83.9 Å². The summed E-state index contributed by atoms with van der Waals surface area (Å²) < 4.78 is 33.1. The van der Waals surface area contributed by atoms with Gasteiger partial charge in [-0.15, -0.1) is 0 Å². The smallest absolute Gasteiger partial charge is 0.417 e. The summed E-state index contributed by atoms with van der Waals surface area (Å²) in [6, 6.07) is 20.7. The Morgan fingerprint density at radius 3 is 2.03 bits per heavy atom. The highest BCUT2D eigenvalue weighted by atomic mass is 19.1. The molecule has 3 aromatic carbocycles. The first-order valence-electron chi connectivity index (χ1n) is 11.1. The van der Waals surface area contributed by atoms with Crippen LogP contribution in [0.1, 0.15) is 49.5 Å². The fourth-order valence-electron chi connectivity index (χ4n) is 3.89. The number of guanidine groups is 1. The number of amides is 1. The second-order valence-electron chi connectivity index (χ2n) is 9.15. The molecule has 1 aliphatic rings. The molecule has 5 nitrogen and oxygen atoms in total. The molecule has 1 aliphatic heterocycles. The Labute approximate surface area is 198 Å². The molecule has 2 atom stereocenters. The first-order chi connectivity index (χ1) is 16.2. The summed E-state index contributed by atoms with van der Waals surface area (Å²) in [5.41, 5.74) is 1.70. The number of carbonyl (C=O) groups is 1. The molecule has 0 aliphatic carbocycles. The minimum atomic E-state index is -0.733. The van der Waals surface area contributed by atoms with Crippen LogP contribution < -0.4 is 5.32 Å². The van der Waals surface area contributed by atoms with Crippen LogP contribution >= 0.6 is 0 Å². The van der Waals surface area contributed by atoms with Crippen molar-refractivity contribution in [3.8, 4) is 0 Å². The van der Waals surface area contributed by atoms with E-state index in [1.807, 2.05) is 30.3 Å². The van der Waals surface area contributed by atoms with Crippen molar-refractivity contribution in [2.24, 2.45) is 4.99 Å². The minimum absolute atomic E-state index is 0.335. The van der Waals surface area contributed by atoms with Gasteiger partial charge in [0, 0.05) is 0 Å². The maximum atomic E-state index is 13.7. The lowest BCUT2D eigenvalue weighted by Crippen LogP contribution is -2.41. The van der Waals surface area contributed by atoms with Crippen LogP contribution in [0.3, 0.4) is 0 Å². The Hall–Kier alpha value is -3.74. The van der Waals surface area contributed by atoms with Crippen molar-refractivity contribution in [1.29, 1.82) is 0 Å². The van der Waals surface area contributed by atoms with Crippen LogP contribution in [-0.4, -0.2) is 22.6 Å². The van der Waals surface area contributed by atoms with E-state index < -0.39 is 23.8 Å². The average Bonchev–Trinajstić information content (AvgIpc) is 3.18. The van der Waals surface area contributed by atoms with Gasteiger partial charge in [-0.1, -0.05) is 54.6 Å². The number of hydrogen-bond donors (Lipinski definition) is 1. The zero-order chi connectivity index (χ0) is 24.3. The van der Waals surface area contributed by atoms with E-state index in [1.54, 1.807) is 45.0 Å². The fraction of sp³-hybridized carbons (Fsp3) is 0.259. The van der Waals surface area contributed by atoms with Gasteiger partial charge in [-0.3, -0.25) is 0 Å². The van der Waals surface area contributed by atoms with Crippen molar-refractivity contribution in [2.75, 3.05) is 0 Å². The van der Waals surface area contributed by atoms with Gasteiger partial charge in [0.05, 0.1) is 18.6 Å². The van der Waals surface area contributed by atoms with Crippen LogP contribution in [0.25, 0.3) is 0 Å². The Morgan fingerprint density at radius 1 is 0.912 bits per heavy atom. The number of ether oxygens (including phenoxy) is 1. The molecule has 0 spiro atoms. The number of nitrogens with one attached hydrogen (secondary N) is 1. The quantitative estimate of drug-likeness (QED) is 0.505. The largest absolute Gasteiger partial charge is 0.443 e. The molecule has 1 fully saturated rings. The van der Waals surface area contributed by atoms with Crippen LogP contribution in [0.4, 0.5) is 13.6 Å². The van der Waals surface area contributed by atoms with Crippen molar-refractivity contribution >= 4 is 12.1 Å². The Morgan fingerprint density at radius 2 is 1.47 bits per heavy atom. The number of rotatable bonds is 4. The summed E-state index contributed by atoms with van der Waals surface area (Å²) in [5.74, 6) is -0.404. The van der Waals surface area contributed by atoms with E-state index in [4.69, 9.17) is 9.73 Å². The normalized spacial score (nSPS) is 19.2. The van der Waals surface area contributed by atoms with Crippen molar-refractivity contribution in [3.05, 3.63) is 107 Å². The minimum Gasteiger partial charge on any atom is -0.443 e. The molecule has 1 saturated heterocycles. The molecule has 1 amide bonds. The van der Waals surface area contributed by atoms with Crippen molar-refractivity contribution < 1.29 is 18.3 Å². The monoisotopic (exact) mass is 463 g/mol. The average molecular weight is 464 g/mol. The Kier molecular flexibility index (Phi) is 6.63. The number of hydrogen-bond acceptors (Lipinski definition) is 3. The van der Waals surface area contributed by atoms with E-state index in [1.165, 1.54) is 29.2 Å². The highest BCUT2D eigenvalue weighted by Gasteiger charge is 2.45. The molecule has 0 radical (unpaired) electrons. The molecule has 0 bridgehead atoms. The molecule has 3 aromatic rings. The van der Waals surface area contributed by atoms with Gasteiger partial charge >= 0.3 is 6.09 Å². The highest BCUT2D eigenvalue weighted by molar-refractivity contribution is 5.97. The molecule has 176 valence electrons. The second kappa shape index (κ2) is 9.63. The Bertz CT molecular complexity index is 1160. The van der Waals surface area contributed by atoms with E-state index in [0.29, 0.717) is 18.1 Å². The molecule has 7 heteroatoms. The first kappa shape index (κ1) is 23.4. The zero-order valence-electron chi connectivity index (χ0n) is 19.3. The lowest BCUT2D eigenvalue weighted by atomic mass is 9.94. The SMILES string of the molecule is CC(C)(C)OC(=O)N1C(=NCc2ccccc2)NC(c2ccc(F)cc2)C1c1ccc(F)cc1. The third kappa shape index (κ3) is 5.42. The van der Waals surface area contributed by atoms with E-state index in [9.17, 15) is 13.6 Å². The van der Waals surface area contributed by atoms with Gasteiger partial charge in [0.1, 0.15) is 17.2 Å². The number of halogens is 2. The maximum absolute atomic E-state index is 13.7. The molecular weight excluding hydrogens is 436 g/mol. The lowest BCUT2D eigenvalue weighted by Gasteiger charge is -2.29. The molecular formula is C27H27F2N3O2. The number of nitrogens with zero attached hydrogens (tertiary/aromatic N) is 2. The van der Waals surface area contributed by atoms with E-state index in [0.717, 1.165) is 11.1 Å². The van der Waals surface area contributed by atoms with Crippen molar-refractivity contribution in [1.82, 2.24) is 10.2 Å². The van der Waals surface area contributed by atoms with Gasteiger partial charge in [0.2, 0.25) is 5.96 Å². The van der Waals surface area contributed by atoms with Crippen LogP contribution in [0.2, 0.25) is 0 Å². The summed E-state index contributed by atoms with van der Waals surface area (Å²) in [6.07, 6.45) is -0.578. The summed E-state index contributed by atoms with van der Waals surface area (Å²) in [7, 11) is 0. The third-order valence-electron chi connectivity index (χ3n) is 5.39. The highest BCUT2D eigenvalue weighted by Crippen LogP contribution is 2.40. The van der Waals surface area contributed by atoms with Crippen molar-refractivity contribution in [2.45, 2.75) is 45.0 Å². The second-order valence-corrected chi connectivity index (χ2v) is 9.15. The predicted octanol–water partition coefficient (Wildman–Crippen LogP) is 6.14. The lowest BCUT2D eigenvalue weighted by molar-refractivity contribution is 0.0320. The van der Waals surface area contributed by atoms with Gasteiger partial charge in [-0.25, -0.2) is 23.5 Å². The number of aliphatic imine (C=N–C) groups is 1. The standard InChI is InChI=1S/C27H27F2N3O2/c1-27(2,3)34-26(33)32-24(20-11-15-22(29)16-12-20)23(19-9-13-21(28)14-10-19)31-25(32)30-17-18-7-5-4-6-8-18/h4-16,23-24H,17H2,1-3H3,(H,30,31). The summed E-state index contributed by atoms with van der Waals surface area (Å²) in [5, 5.41) is 3.34. The molecule has 2 unspecified atom stereocenters. The molecule has 34 heavy (non-hydrogen) atoms. The first-order valence-corrected chi connectivity index (χ1v) is 11.1. The summed E-state index contributed by atoms with van der Waals surface area (Å²) in [6.45, 7) is 5.72. The Balaban J connectivity index is 1.80. The molecule has 4 rings (SSSR count). The van der Waals surface area contributed by atoms with E-state index in [-0.39, 0.29) is 11.6 Å². The molecule has 0 aromatic heterocycles. The van der Waals surface area contributed by atoms with E-state index >= 15 is 0 Å².